The minimum absolute atomic E-state index is 0.0453. The number of pyridine rings is 1. The van der Waals surface area contributed by atoms with Gasteiger partial charge >= 0.3 is 6.09 Å². The van der Waals surface area contributed by atoms with Gasteiger partial charge in [0.15, 0.2) is 0 Å². The number of carbonyl (C=O) groups excluding carboxylic acids is 1. The van der Waals surface area contributed by atoms with Crippen molar-refractivity contribution in [2.45, 2.75) is 64.6 Å². The standard InChI is InChI=1S/C29H34N2O5/c1-29(2,3)36-28(32)31-24-13-9-17-30-25(24)20-33-22-15-16-27(35-19-22)23-12-7-8-14-26(23)34-18-21-10-5-4-6-11-21/h4-14,17,22,27H,15-16,18-20H2,1-3H3,(H,31,32)/t22-,27-/m0/s1. The largest absolute Gasteiger partial charge is 0.489 e. The van der Waals surface area contributed by atoms with Crippen LogP contribution in [-0.4, -0.2) is 29.4 Å². The van der Waals surface area contributed by atoms with E-state index in [-0.39, 0.29) is 18.8 Å². The molecule has 190 valence electrons. The first-order chi connectivity index (χ1) is 17.4. The summed E-state index contributed by atoms with van der Waals surface area (Å²) < 4.78 is 23.8. The summed E-state index contributed by atoms with van der Waals surface area (Å²) >= 11 is 0. The fourth-order valence-electron chi connectivity index (χ4n) is 3.99. The average Bonchev–Trinajstić information content (AvgIpc) is 2.87. The highest BCUT2D eigenvalue weighted by Gasteiger charge is 2.26. The Kier molecular flexibility index (Phi) is 8.57. The van der Waals surface area contributed by atoms with E-state index in [0.29, 0.717) is 24.6 Å². The van der Waals surface area contributed by atoms with Crippen LogP contribution in [0.2, 0.25) is 0 Å². The van der Waals surface area contributed by atoms with Crippen LogP contribution in [0.25, 0.3) is 0 Å². The maximum atomic E-state index is 12.2. The Labute approximate surface area is 212 Å². The molecule has 1 amide bonds. The van der Waals surface area contributed by atoms with E-state index in [4.69, 9.17) is 18.9 Å². The van der Waals surface area contributed by atoms with E-state index < -0.39 is 11.7 Å². The first kappa shape index (κ1) is 25.7. The van der Waals surface area contributed by atoms with Gasteiger partial charge in [-0.3, -0.25) is 10.3 Å². The molecule has 36 heavy (non-hydrogen) atoms. The Hall–Kier alpha value is -3.42. The van der Waals surface area contributed by atoms with Crippen molar-refractivity contribution in [1.29, 1.82) is 0 Å². The number of para-hydroxylation sites is 1. The summed E-state index contributed by atoms with van der Waals surface area (Å²) in [5.74, 6) is 0.845. The molecule has 2 atom stereocenters. The number of benzene rings is 2. The second-order valence-corrected chi connectivity index (χ2v) is 9.77. The molecule has 0 saturated carbocycles. The number of hydrogen-bond acceptors (Lipinski definition) is 6. The molecule has 1 saturated heterocycles. The van der Waals surface area contributed by atoms with Gasteiger partial charge in [0, 0.05) is 11.8 Å². The third kappa shape index (κ3) is 7.54. The van der Waals surface area contributed by atoms with Crippen molar-refractivity contribution in [2.24, 2.45) is 0 Å². The second kappa shape index (κ2) is 12.0. The van der Waals surface area contributed by atoms with Crippen LogP contribution in [0.5, 0.6) is 5.75 Å². The van der Waals surface area contributed by atoms with Crippen molar-refractivity contribution in [3.8, 4) is 5.75 Å². The topological polar surface area (TPSA) is 78.9 Å². The summed E-state index contributed by atoms with van der Waals surface area (Å²) in [5.41, 5.74) is 2.82. The van der Waals surface area contributed by atoms with E-state index >= 15 is 0 Å². The molecule has 0 spiro atoms. The normalized spacial score (nSPS) is 17.9. The highest BCUT2D eigenvalue weighted by atomic mass is 16.6. The van der Waals surface area contributed by atoms with Crippen LogP contribution in [0, 0.1) is 0 Å². The van der Waals surface area contributed by atoms with Gasteiger partial charge in [-0.2, -0.15) is 0 Å². The van der Waals surface area contributed by atoms with Crippen LogP contribution >= 0.6 is 0 Å². The van der Waals surface area contributed by atoms with Gasteiger partial charge in [0.05, 0.1) is 36.8 Å². The van der Waals surface area contributed by atoms with Gasteiger partial charge in [-0.25, -0.2) is 4.79 Å². The van der Waals surface area contributed by atoms with Crippen molar-refractivity contribution in [1.82, 2.24) is 4.98 Å². The van der Waals surface area contributed by atoms with Crippen LogP contribution < -0.4 is 10.1 Å². The van der Waals surface area contributed by atoms with E-state index in [1.165, 1.54) is 0 Å². The fourth-order valence-corrected chi connectivity index (χ4v) is 3.99. The Balaban J connectivity index is 1.29. The molecule has 7 heteroatoms. The predicted octanol–water partition coefficient (Wildman–Crippen LogP) is 6.44. The van der Waals surface area contributed by atoms with Gasteiger partial charge < -0.3 is 18.9 Å². The van der Waals surface area contributed by atoms with Crippen LogP contribution in [0.1, 0.15) is 56.5 Å². The highest BCUT2D eigenvalue weighted by Crippen LogP contribution is 2.35. The van der Waals surface area contributed by atoms with Crippen LogP contribution in [0.4, 0.5) is 10.5 Å². The molecule has 1 aliphatic rings. The van der Waals surface area contributed by atoms with Gasteiger partial charge in [-0.1, -0.05) is 48.5 Å². The van der Waals surface area contributed by atoms with Crippen molar-refractivity contribution in [2.75, 3.05) is 11.9 Å². The molecule has 1 fully saturated rings. The molecule has 2 heterocycles. The first-order valence-corrected chi connectivity index (χ1v) is 12.3. The van der Waals surface area contributed by atoms with Crippen molar-refractivity contribution in [3.63, 3.8) is 0 Å². The van der Waals surface area contributed by atoms with Gasteiger partial charge in [-0.15, -0.1) is 0 Å². The van der Waals surface area contributed by atoms with Crippen LogP contribution in [0.3, 0.4) is 0 Å². The molecule has 1 N–H and O–H groups in total. The zero-order valence-electron chi connectivity index (χ0n) is 21.1. The molecule has 1 aromatic heterocycles. The lowest BCUT2D eigenvalue weighted by atomic mass is 9.99. The lowest BCUT2D eigenvalue weighted by Gasteiger charge is -2.30. The molecular weight excluding hydrogens is 456 g/mol. The molecule has 1 aliphatic heterocycles. The monoisotopic (exact) mass is 490 g/mol. The molecular formula is C29H34N2O5. The second-order valence-electron chi connectivity index (χ2n) is 9.77. The van der Waals surface area contributed by atoms with Gasteiger partial charge in [0.25, 0.3) is 0 Å². The summed E-state index contributed by atoms with van der Waals surface area (Å²) in [5, 5.41) is 2.76. The molecule has 0 bridgehead atoms. The number of anilines is 1. The van der Waals surface area contributed by atoms with Gasteiger partial charge in [0.1, 0.15) is 18.0 Å². The SMILES string of the molecule is CC(C)(C)OC(=O)Nc1cccnc1CO[C@H]1CC[C@@H](c2ccccc2OCc2ccccc2)OC1. The molecule has 7 nitrogen and oxygen atoms in total. The van der Waals surface area contributed by atoms with E-state index in [2.05, 4.69) is 28.5 Å². The van der Waals surface area contributed by atoms with E-state index in [9.17, 15) is 4.79 Å². The highest BCUT2D eigenvalue weighted by molar-refractivity contribution is 5.85. The lowest BCUT2D eigenvalue weighted by molar-refractivity contribution is -0.0930. The zero-order chi connectivity index (χ0) is 25.4. The summed E-state index contributed by atoms with van der Waals surface area (Å²) in [7, 11) is 0. The Morgan fingerprint density at radius 1 is 1.00 bits per heavy atom. The zero-order valence-corrected chi connectivity index (χ0v) is 21.1. The summed E-state index contributed by atoms with van der Waals surface area (Å²) in [6.07, 6.45) is 2.72. The molecule has 3 aromatic rings. The third-order valence-corrected chi connectivity index (χ3v) is 5.72. The number of amides is 1. The molecule has 4 rings (SSSR count). The molecule has 2 aromatic carbocycles. The number of hydrogen-bond donors (Lipinski definition) is 1. The maximum Gasteiger partial charge on any atom is 0.412 e. The smallest absolute Gasteiger partial charge is 0.412 e. The summed E-state index contributed by atoms with van der Waals surface area (Å²) in [6.45, 7) is 6.72. The minimum Gasteiger partial charge on any atom is -0.489 e. The van der Waals surface area contributed by atoms with Crippen LogP contribution in [-0.2, 0) is 27.4 Å². The summed E-state index contributed by atoms with van der Waals surface area (Å²) in [6, 6.07) is 21.7. The molecule has 0 unspecified atom stereocenters. The van der Waals surface area contributed by atoms with Gasteiger partial charge in [0.2, 0.25) is 0 Å². The van der Waals surface area contributed by atoms with E-state index in [1.807, 2.05) is 57.2 Å². The molecule has 0 radical (unpaired) electrons. The maximum absolute atomic E-state index is 12.2. The predicted molar refractivity (Wildman–Crippen MR) is 138 cm³/mol. The molecule has 0 aliphatic carbocycles. The van der Waals surface area contributed by atoms with E-state index in [0.717, 1.165) is 29.7 Å². The quantitative estimate of drug-likeness (QED) is 0.391. The fraction of sp³-hybridized carbons (Fsp3) is 0.379. The number of ether oxygens (including phenoxy) is 4. The van der Waals surface area contributed by atoms with Crippen molar-refractivity contribution < 1.29 is 23.7 Å². The Morgan fingerprint density at radius 2 is 1.78 bits per heavy atom. The minimum atomic E-state index is -0.579. The Morgan fingerprint density at radius 3 is 2.53 bits per heavy atom. The Bertz CT molecular complexity index is 1120. The number of rotatable bonds is 8. The number of aromatic nitrogens is 1. The number of carbonyl (C=O) groups is 1. The van der Waals surface area contributed by atoms with Crippen molar-refractivity contribution >= 4 is 11.8 Å². The van der Waals surface area contributed by atoms with Crippen molar-refractivity contribution in [3.05, 3.63) is 89.7 Å². The van der Waals surface area contributed by atoms with E-state index in [1.54, 1.807) is 18.3 Å². The number of nitrogens with zero attached hydrogens (tertiary/aromatic N) is 1. The summed E-state index contributed by atoms with van der Waals surface area (Å²) in [4.78, 5) is 16.6. The first-order valence-electron chi connectivity index (χ1n) is 12.3. The van der Waals surface area contributed by atoms with Gasteiger partial charge in [-0.05, 0) is 57.4 Å². The number of nitrogens with one attached hydrogen (secondary N) is 1. The lowest BCUT2D eigenvalue weighted by Crippen LogP contribution is -2.29. The van der Waals surface area contributed by atoms with Crippen LogP contribution in [0.15, 0.2) is 72.9 Å². The average molecular weight is 491 g/mol. The third-order valence-electron chi connectivity index (χ3n) is 5.72.